The third-order valence-electron chi connectivity index (χ3n) is 4.23. The Morgan fingerprint density at radius 2 is 1.50 bits per heavy atom. The highest BCUT2D eigenvalue weighted by atomic mass is 35.5. The van der Waals surface area contributed by atoms with Gasteiger partial charge in [0, 0.05) is 26.2 Å². The molecule has 28 heavy (non-hydrogen) atoms. The maximum atomic E-state index is 12.8. The summed E-state index contributed by atoms with van der Waals surface area (Å²) in [6.07, 6.45) is -0.614. The molecule has 2 aromatic carbocycles. The zero-order chi connectivity index (χ0) is 21.1. The molecule has 1 unspecified atom stereocenters. The van der Waals surface area contributed by atoms with Crippen LogP contribution < -0.4 is 9.04 Å². The molecule has 0 aliphatic heterocycles. The molecule has 0 saturated carbocycles. The van der Waals surface area contributed by atoms with Crippen LogP contribution in [0.4, 0.5) is 5.69 Å². The lowest BCUT2D eigenvalue weighted by atomic mass is 10.1. The molecule has 0 bridgehead atoms. The smallest absolute Gasteiger partial charge is 0.264 e. The van der Waals surface area contributed by atoms with Gasteiger partial charge >= 0.3 is 0 Å². The largest absolute Gasteiger partial charge is 0.480 e. The summed E-state index contributed by atoms with van der Waals surface area (Å²) in [5, 5.41) is 0.468. The molecule has 0 aliphatic rings. The van der Waals surface area contributed by atoms with E-state index in [1.165, 1.54) is 40.5 Å². The summed E-state index contributed by atoms with van der Waals surface area (Å²) >= 11 is 5.83. The molecule has 0 aromatic heterocycles. The monoisotopic (exact) mass is 424 g/mol. The first-order valence-corrected chi connectivity index (χ1v) is 10.6. The quantitative estimate of drug-likeness (QED) is 0.680. The Morgan fingerprint density at radius 3 is 1.96 bits per heavy atom. The van der Waals surface area contributed by atoms with Crippen molar-refractivity contribution in [2.75, 3.05) is 25.4 Å². The van der Waals surface area contributed by atoms with Crippen LogP contribution in [0.5, 0.6) is 5.75 Å². The van der Waals surface area contributed by atoms with E-state index < -0.39 is 16.1 Å². The predicted octanol–water partition coefficient (Wildman–Crippen LogP) is 3.66. The number of amides is 1. The SMILES string of the molecule is CC(C)C(Oc1ccc(N(C)S(=O)(=O)c2ccc(Cl)cc2)cc1)C(=O)N(C)C. The lowest BCUT2D eigenvalue weighted by molar-refractivity contribution is -0.138. The van der Waals surface area contributed by atoms with Gasteiger partial charge in [0.1, 0.15) is 5.75 Å². The fourth-order valence-electron chi connectivity index (χ4n) is 2.51. The van der Waals surface area contributed by atoms with Crippen LogP contribution in [-0.4, -0.2) is 46.5 Å². The van der Waals surface area contributed by atoms with Crippen molar-refractivity contribution in [2.24, 2.45) is 5.92 Å². The minimum absolute atomic E-state index is 0.0115. The molecule has 0 fully saturated rings. The molecule has 1 amide bonds. The second-order valence-corrected chi connectivity index (χ2v) is 9.34. The summed E-state index contributed by atoms with van der Waals surface area (Å²) < 4.78 is 32.6. The molecule has 0 N–H and O–H groups in total. The molecular weight excluding hydrogens is 400 g/mol. The maximum Gasteiger partial charge on any atom is 0.264 e. The van der Waals surface area contributed by atoms with E-state index in [2.05, 4.69) is 0 Å². The van der Waals surface area contributed by atoms with E-state index in [0.717, 1.165) is 0 Å². The highest BCUT2D eigenvalue weighted by molar-refractivity contribution is 7.92. The van der Waals surface area contributed by atoms with E-state index in [0.29, 0.717) is 16.5 Å². The van der Waals surface area contributed by atoms with Crippen LogP contribution in [-0.2, 0) is 14.8 Å². The van der Waals surface area contributed by atoms with Gasteiger partial charge in [-0.3, -0.25) is 9.10 Å². The van der Waals surface area contributed by atoms with Crippen LogP contribution in [0.25, 0.3) is 0 Å². The standard InChI is InChI=1S/C20H25ClN2O4S/c1-14(2)19(20(24)22(3)4)27-17-10-8-16(9-11-17)23(5)28(25,26)18-12-6-15(21)7-13-18/h6-14,19H,1-5H3. The number of hydrogen-bond acceptors (Lipinski definition) is 4. The van der Waals surface area contributed by atoms with E-state index in [9.17, 15) is 13.2 Å². The summed E-state index contributed by atoms with van der Waals surface area (Å²) in [7, 11) is 1.13. The number of rotatable bonds is 7. The molecule has 0 aliphatic carbocycles. The Bertz CT molecular complexity index is 910. The molecule has 0 saturated heterocycles. The molecule has 2 rings (SSSR count). The Morgan fingerprint density at radius 1 is 0.964 bits per heavy atom. The van der Waals surface area contributed by atoms with Crippen LogP contribution in [0.3, 0.4) is 0 Å². The molecule has 152 valence electrons. The normalized spacial score (nSPS) is 12.5. The van der Waals surface area contributed by atoms with Gasteiger partial charge in [-0.15, -0.1) is 0 Å². The minimum Gasteiger partial charge on any atom is -0.480 e. The second-order valence-electron chi connectivity index (χ2n) is 6.94. The van der Waals surface area contributed by atoms with Gasteiger partial charge in [0.25, 0.3) is 15.9 Å². The van der Waals surface area contributed by atoms with Gasteiger partial charge in [-0.05, 0) is 54.4 Å². The molecule has 1 atom stereocenters. The van der Waals surface area contributed by atoms with E-state index in [1.807, 2.05) is 13.8 Å². The Labute approximate surface area is 171 Å². The fraction of sp³-hybridized carbons (Fsp3) is 0.350. The summed E-state index contributed by atoms with van der Waals surface area (Å²) in [6, 6.07) is 12.6. The summed E-state index contributed by atoms with van der Waals surface area (Å²) in [5.41, 5.74) is 0.474. The number of likely N-dealkylation sites (N-methyl/N-ethyl adjacent to an activating group) is 1. The first-order chi connectivity index (χ1) is 13.0. The first-order valence-electron chi connectivity index (χ1n) is 8.76. The van der Waals surface area contributed by atoms with Gasteiger partial charge in [0.05, 0.1) is 10.6 Å². The van der Waals surface area contributed by atoms with Crippen molar-refractivity contribution < 1.29 is 17.9 Å². The Balaban J connectivity index is 2.21. The van der Waals surface area contributed by atoms with Crippen molar-refractivity contribution in [2.45, 2.75) is 24.8 Å². The van der Waals surface area contributed by atoms with Gasteiger partial charge in [-0.2, -0.15) is 0 Å². The van der Waals surface area contributed by atoms with Crippen molar-refractivity contribution in [1.82, 2.24) is 4.90 Å². The lowest BCUT2D eigenvalue weighted by Crippen LogP contribution is -2.41. The molecule has 8 heteroatoms. The van der Waals surface area contributed by atoms with Crippen LogP contribution >= 0.6 is 11.6 Å². The van der Waals surface area contributed by atoms with Gasteiger partial charge in [-0.1, -0.05) is 25.4 Å². The molecule has 6 nitrogen and oxygen atoms in total. The van der Waals surface area contributed by atoms with Crippen molar-refractivity contribution in [3.8, 4) is 5.75 Å². The average molecular weight is 425 g/mol. The highest BCUT2D eigenvalue weighted by Gasteiger charge is 2.26. The Hall–Kier alpha value is -2.25. The van der Waals surface area contributed by atoms with Crippen LogP contribution in [0.2, 0.25) is 5.02 Å². The van der Waals surface area contributed by atoms with E-state index in [-0.39, 0.29) is 16.7 Å². The zero-order valence-electron chi connectivity index (χ0n) is 16.6. The average Bonchev–Trinajstić information content (AvgIpc) is 2.65. The van der Waals surface area contributed by atoms with Crippen LogP contribution in [0.15, 0.2) is 53.4 Å². The minimum atomic E-state index is -3.71. The summed E-state index contributed by atoms with van der Waals surface area (Å²) in [5.74, 6) is 0.360. The maximum absolute atomic E-state index is 12.8. The van der Waals surface area contributed by atoms with Crippen molar-refractivity contribution >= 4 is 33.2 Å². The number of carbonyl (C=O) groups excluding carboxylic acids is 1. The second kappa shape index (κ2) is 8.84. The lowest BCUT2D eigenvalue weighted by Gasteiger charge is -2.25. The Kier molecular flexibility index (Phi) is 6.96. The number of sulfonamides is 1. The van der Waals surface area contributed by atoms with Crippen molar-refractivity contribution in [1.29, 1.82) is 0 Å². The van der Waals surface area contributed by atoms with E-state index in [1.54, 1.807) is 38.4 Å². The summed E-state index contributed by atoms with van der Waals surface area (Å²) in [6.45, 7) is 3.82. The zero-order valence-corrected chi connectivity index (χ0v) is 18.2. The number of carbonyl (C=O) groups is 1. The topological polar surface area (TPSA) is 66.9 Å². The first kappa shape index (κ1) is 22.0. The molecular formula is C20H25ClN2O4S. The van der Waals surface area contributed by atoms with Crippen molar-refractivity contribution in [3.63, 3.8) is 0 Å². The number of hydrogen-bond donors (Lipinski definition) is 0. The van der Waals surface area contributed by atoms with Gasteiger partial charge in [0.2, 0.25) is 0 Å². The van der Waals surface area contributed by atoms with Crippen molar-refractivity contribution in [3.05, 3.63) is 53.6 Å². The molecule has 0 spiro atoms. The number of halogens is 1. The number of nitrogens with zero attached hydrogens (tertiary/aromatic N) is 2. The van der Waals surface area contributed by atoms with Gasteiger partial charge < -0.3 is 9.64 Å². The molecule has 2 aromatic rings. The van der Waals surface area contributed by atoms with Crippen LogP contribution in [0, 0.1) is 5.92 Å². The van der Waals surface area contributed by atoms with Crippen LogP contribution in [0.1, 0.15) is 13.8 Å². The molecule has 0 heterocycles. The third-order valence-corrected chi connectivity index (χ3v) is 6.28. The van der Waals surface area contributed by atoms with E-state index >= 15 is 0 Å². The fourth-order valence-corrected chi connectivity index (χ4v) is 3.83. The third kappa shape index (κ3) is 4.97. The van der Waals surface area contributed by atoms with E-state index in [4.69, 9.17) is 16.3 Å². The molecule has 0 radical (unpaired) electrons. The predicted molar refractivity (Wildman–Crippen MR) is 111 cm³/mol. The number of benzene rings is 2. The van der Waals surface area contributed by atoms with Gasteiger partial charge in [0.15, 0.2) is 6.10 Å². The number of anilines is 1. The summed E-state index contributed by atoms with van der Waals surface area (Å²) in [4.78, 5) is 13.9. The number of ether oxygens (including phenoxy) is 1. The van der Waals surface area contributed by atoms with Gasteiger partial charge in [-0.25, -0.2) is 8.42 Å². The highest BCUT2D eigenvalue weighted by Crippen LogP contribution is 2.26.